The summed E-state index contributed by atoms with van der Waals surface area (Å²) in [7, 11) is -2.55. The number of carbonyl (C=O) groups excluding carboxylic acids is 1. The van der Waals surface area contributed by atoms with E-state index in [4.69, 9.17) is 16.6 Å². The van der Waals surface area contributed by atoms with Crippen LogP contribution in [-0.2, 0) is 40.8 Å². The molecule has 0 spiro atoms. The van der Waals surface area contributed by atoms with Crippen molar-refractivity contribution in [3.63, 3.8) is 0 Å². The summed E-state index contributed by atoms with van der Waals surface area (Å²) in [6.07, 6.45) is -5.86. The van der Waals surface area contributed by atoms with Gasteiger partial charge >= 0.3 is 0 Å². The molecule has 1 saturated carbocycles. The number of fused-ring (bicyclic) bond motifs is 5. The minimum atomic E-state index is -3.96. The lowest BCUT2D eigenvalue weighted by Crippen LogP contribution is -2.38. The first kappa shape index (κ1) is 42.9. The summed E-state index contributed by atoms with van der Waals surface area (Å²) in [6.45, 7) is -1.04. The van der Waals surface area contributed by atoms with Gasteiger partial charge in [-0.2, -0.15) is 19.0 Å². The number of carbonyl (C=O) groups is 1. The van der Waals surface area contributed by atoms with Gasteiger partial charge in [0.1, 0.15) is 35.4 Å². The van der Waals surface area contributed by atoms with Crippen molar-refractivity contribution in [1.29, 1.82) is 0 Å². The van der Waals surface area contributed by atoms with E-state index < -0.39 is 94.1 Å². The number of sulfonamides is 1. The van der Waals surface area contributed by atoms with Gasteiger partial charge in [-0.15, -0.1) is 0 Å². The second-order valence-electron chi connectivity index (χ2n) is 15.6. The van der Waals surface area contributed by atoms with E-state index in [1.807, 2.05) is 0 Å². The topological polar surface area (TPSA) is 146 Å². The largest absolute Gasteiger partial charge is 0.344 e. The SMILES string of the molecule is Cn1nc(NS(C)(=O)=O)c2c(Cl)ccc(-n3c([C@H](Cc4cc(F)cc(F)c4)NC(=O)Cn4nc(C(F)F)c5c4C(F)(F)[C@@H]4C[C@H]54)nc4cc(-c5ccccc5C(F)F)ccc4c3=O)c21. The number of amides is 1. The normalized spacial score (nSPS) is 17.0. The molecule has 1 amide bonds. The van der Waals surface area contributed by atoms with Crippen LogP contribution in [0, 0.1) is 17.6 Å². The molecule has 0 aliphatic heterocycles. The van der Waals surface area contributed by atoms with Gasteiger partial charge in [0.25, 0.3) is 24.3 Å². The van der Waals surface area contributed by atoms with Crippen LogP contribution in [0.4, 0.5) is 40.9 Å². The first-order valence-electron chi connectivity index (χ1n) is 19.3. The van der Waals surface area contributed by atoms with Crippen molar-refractivity contribution in [3.8, 4) is 16.8 Å². The Labute approximate surface area is 361 Å². The van der Waals surface area contributed by atoms with Crippen LogP contribution in [-0.4, -0.2) is 49.7 Å². The number of alkyl halides is 6. The fourth-order valence-corrected chi connectivity index (χ4v) is 9.43. The molecule has 3 atom stereocenters. The van der Waals surface area contributed by atoms with Crippen LogP contribution in [0.2, 0.25) is 5.02 Å². The number of anilines is 1. The second kappa shape index (κ2) is 15.4. The van der Waals surface area contributed by atoms with Gasteiger partial charge in [-0.05, 0) is 65.4 Å². The fourth-order valence-electron chi connectivity index (χ4n) is 8.70. The lowest BCUT2D eigenvalue weighted by molar-refractivity contribution is -0.123. The fraction of sp³-hybridized carbons (Fsp3) is 0.262. The molecule has 7 aromatic rings. The Kier molecular flexibility index (Phi) is 10.3. The molecule has 22 heteroatoms. The second-order valence-corrected chi connectivity index (χ2v) is 17.8. The standard InChI is InChI=1S/C42H31ClF8N8O4S/c1-57-35-30(10-9-27(43)33(35)39(55-57)56-64(2,62)63)59-40(53-28-14-19(7-8-24(28)41(59)61)22-5-3-4-6-23(22)37(46)47)29(13-18-11-20(44)15-21(45)12-18)52-31(60)17-58-36-32(34(54-58)38(48)49)25-16-26(25)42(36,50)51/h3-12,14-15,25-26,29,37-38H,13,16-17H2,1-2H3,(H,52,60)(H,55,56)/t25-,26+,29-/m0/s1. The van der Waals surface area contributed by atoms with E-state index in [1.165, 1.54) is 66.3 Å². The minimum absolute atomic E-state index is 0.0122. The van der Waals surface area contributed by atoms with Crippen molar-refractivity contribution >= 4 is 55.2 Å². The van der Waals surface area contributed by atoms with E-state index >= 15 is 13.6 Å². The average Bonchev–Trinajstić information content (AvgIpc) is 3.75. The number of hydrogen-bond donors (Lipinski definition) is 2. The monoisotopic (exact) mass is 930 g/mol. The third-order valence-electron chi connectivity index (χ3n) is 11.3. The van der Waals surface area contributed by atoms with Crippen molar-refractivity contribution in [2.45, 2.75) is 50.1 Å². The lowest BCUT2D eigenvalue weighted by Gasteiger charge is -2.24. The van der Waals surface area contributed by atoms with Gasteiger partial charge in [0, 0.05) is 36.6 Å². The van der Waals surface area contributed by atoms with Crippen LogP contribution in [0.15, 0.2) is 77.6 Å². The number of hydrogen-bond acceptors (Lipinski definition) is 7. The maximum Gasteiger partial charge on any atom is 0.293 e. The number of nitrogens with zero attached hydrogens (tertiary/aromatic N) is 6. The summed E-state index contributed by atoms with van der Waals surface area (Å²) in [4.78, 5) is 34.0. The summed E-state index contributed by atoms with van der Waals surface area (Å²) in [6, 6.07) is 13.2. The zero-order valence-corrected chi connectivity index (χ0v) is 34.6. The van der Waals surface area contributed by atoms with Crippen molar-refractivity contribution in [2.24, 2.45) is 13.0 Å². The molecule has 2 aliphatic carbocycles. The third kappa shape index (κ3) is 7.42. The first-order chi connectivity index (χ1) is 30.2. The predicted octanol–water partition coefficient (Wildman–Crippen LogP) is 8.62. The molecular formula is C42H31ClF8N8O4S. The van der Waals surface area contributed by atoms with Gasteiger partial charge in [0.2, 0.25) is 15.9 Å². The summed E-state index contributed by atoms with van der Waals surface area (Å²) >= 11 is 6.61. The molecular weight excluding hydrogens is 900 g/mol. The van der Waals surface area contributed by atoms with E-state index in [0.717, 1.165) is 23.0 Å². The van der Waals surface area contributed by atoms with Crippen molar-refractivity contribution in [3.05, 3.63) is 134 Å². The number of benzene rings is 4. The van der Waals surface area contributed by atoms with Crippen molar-refractivity contribution in [2.75, 3.05) is 11.0 Å². The summed E-state index contributed by atoms with van der Waals surface area (Å²) in [5.41, 5.74) is -3.18. The van der Waals surface area contributed by atoms with Crippen LogP contribution >= 0.6 is 11.6 Å². The van der Waals surface area contributed by atoms with Crippen LogP contribution in [0.1, 0.15) is 65.1 Å². The molecule has 9 rings (SSSR count). The van der Waals surface area contributed by atoms with E-state index in [1.54, 1.807) is 0 Å². The molecule has 1 fully saturated rings. The molecule has 0 bridgehead atoms. The third-order valence-corrected chi connectivity index (χ3v) is 12.2. The van der Waals surface area contributed by atoms with Crippen LogP contribution in [0.3, 0.4) is 0 Å². The highest BCUT2D eigenvalue weighted by Crippen LogP contribution is 2.68. The van der Waals surface area contributed by atoms with Gasteiger partial charge in [-0.3, -0.25) is 28.2 Å². The van der Waals surface area contributed by atoms with Crippen molar-refractivity contribution in [1.82, 2.24) is 34.4 Å². The van der Waals surface area contributed by atoms with E-state index in [2.05, 4.69) is 20.2 Å². The Morgan fingerprint density at radius 1 is 0.969 bits per heavy atom. The quantitative estimate of drug-likeness (QED) is 0.117. The zero-order valence-electron chi connectivity index (χ0n) is 33.1. The summed E-state index contributed by atoms with van der Waals surface area (Å²) in [5.74, 6) is -9.48. The van der Waals surface area contributed by atoms with Gasteiger partial charge < -0.3 is 5.32 Å². The van der Waals surface area contributed by atoms with Crippen LogP contribution in [0.25, 0.3) is 38.6 Å². The Hall–Kier alpha value is -6.35. The molecule has 3 heterocycles. The van der Waals surface area contributed by atoms with Crippen LogP contribution in [0.5, 0.6) is 0 Å². The molecule has 332 valence electrons. The Balaban J connectivity index is 1.27. The highest BCUT2D eigenvalue weighted by molar-refractivity contribution is 7.92. The minimum Gasteiger partial charge on any atom is -0.344 e. The van der Waals surface area contributed by atoms with Crippen LogP contribution < -0.4 is 15.6 Å². The van der Waals surface area contributed by atoms with Gasteiger partial charge in [0.15, 0.2) is 5.82 Å². The molecule has 0 unspecified atom stereocenters. The molecule has 64 heavy (non-hydrogen) atoms. The van der Waals surface area contributed by atoms with Gasteiger partial charge in [-0.1, -0.05) is 41.9 Å². The molecule has 4 aromatic carbocycles. The molecule has 0 radical (unpaired) electrons. The van der Waals surface area contributed by atoms with E-state index in [0.29, 0.717) is 10.7 Å². The Morgan fingerprint density at radius 3 is 2.38 bits per heavy atom. The molecule has 0 saturated heterocycles. The number of nitrogens with one attached hydrogen (secondary N) is 2. The highest BCUT2D eigenvalue weighted by Gasteiger charge is 2.67. The van der Waals surface area contributed by atoms with Gasteiger partial charge in [-0.25, -0.2) is 39.7 Å². The first-order valence-corrected chi connectivity index (χ1v) is 21.6. The molecule has 3 aromatic heterocycles. The smallest absolute Gasteiger partial charge is 0.293 e. The summed E-state index contributed by atoms with van der Waals surface area (Å²) < 4.78 is 147. The number of aryl methyl sites for hydroxylation is 1. The molecule has 2 aliphatic rings. The average molecular weight is 931 g/mol. The van der Waals surface area contributed by atoms with E-state index in [9.17, 15) is 39.6 Å². The molecule has 12 nitrogen and oxygen atoms in total. The molecule has 2 N–H and O–H groups in total. The van der Waals surface area contributed by atoms with Crippen molar-refractivity contribution < 1.29 is 48.3 Å². The zero-order chi connectivity index (χ0) is 45.7. The van der Waals surface area contributed by atoms with Gasteiger partial charge in [0.05, 0.1) is 44.8 Å². The number of rotatable bonds is 12. The van der Waals surface area contributed by atoms with E-state index in [-0.39, 0.29) is 78.4 Å². The Morgan fingerprint density at radius 2 is 1.69 bits per heavy atom. The maximum absolute atomic E-state index is 15.5. The Bertz CT molecular complexity index is 3250. The predicted molar refractivity (Wildman–Crippen MR) is 218 cm³/mol. The number of halogens is 9. The lowest BCUT2D eigenvalue weighted by atomic mass is 9.98. The number of aromatic nitrogens is 6. The summed E-state index contributed by atoms with van der Waals surface area (Å²) in [5, 5.41) is 10.5. The maximum atomic E-state index is 15.5. The highest BCUT2D eigenvalue weighted by atomic mass is 35.5.